The number of carbonyl (C=O) groups is 2. The molecule has 0 bridgehead atoms. The van der Waals surface area contributed by atoms with Gasteiger partial charge >= 0.3 is 0 Å². The quantitative estimate of drug-likeness (QED) is 0.621. The second-order valence-electron chi connectivity index (χ2n) is 6.77. The van der Waals surface area contributed by atoms with E-state index in [9.17, 15) is 18.0 Å². The minimum atomic E-state index is -3.83. The van der Waals surface area contributed by atoms with Crippen LogP contribution in [0.4, 0.5) is 5.69 Å². The van der Waals surface area contributed by atoms with Crippen molar-refractivity contribution in [3.05, 3.63) is 46.7 Å². The fourth-order valence-electron chi connectivity index (χ4n) is 2.67. The van der Waals surface area contributed by atoms with E-state index in [2.05, 4.69) is 10.6 Å². The number of thiophene rings is 1. The Hall–Kier alpha value is -2.27. The van der Waals surface area contributed by atoms with E-state index in [1.165, 1.54) is 38.2 Å². The molecule has 2 amide bonds. The number of carbonyl (C=O) groups excluding carboxylic acids is 2. The second kappa shape index (κ2) is 9.97. The Morgan fingerprint density at radius 1 is 1.10 bits per heavy atom. The van der Waals surface area contributed by atoms with E-state index in [0.717, 1.165) is 9.18 Å². The Labute approximate surface area is 175 Å². The Kier molecular flexibility index (Phi) is 7.91. The molecule has 2 rings (SSSR count). The molecule has 1 heterocycles. The first kappa shape index (κ1) is 23.0. The molecule has 2 N–H and O–H groups in total. The highest BCUT2D eigenvalue weighted by Gasteiger charge is 2.24. The summed E-state index contributed by atoms with van der Waals surface area (Å²) in [4.78, 5) is 26.6. The molecule has 1 aromatic carbocycles. The van der Waals surface area contributed by atoms with Gasteiger partial charge in [0.15, 0.2) is 0 Å². The molecule has 29 heavy (non-hydrogen) atoms. The predicted octanol–water partition coefficient (Wildman–Crippen LogP) is 1.75. The third-order valence-corrected chi connectivity index (χ3v) is 7.03. The molecule has 0 aliphatic carbocycles. The molecule has 1 aromatic heterocycles. The summed E-state index contributed by atoms with van der Waals surface area (Å²) in [7, 11) is 1.39. The molecule has 158 valence electrons. The third kappa shape index (κ3) is 6.36. The number of benzene rings is 1. The maximum Gasteiger partial charge on any atom is 0.243 e. The van der Waals surface area contributed by atoms with E-state index < -0.39 is 10.0 Å². The Morgan fingerprint density at radius 2 is 1.76 bits per heavy atom. The van der Waals surface area contributed by atoms with Crippen LogP contribution in [0.15, 0.2) is 46.7 Å². The number of amides is 2. The van der Waals surface area contributed by atoms with E-state index in [4.69, 9.17) is 0 Å². The predicted molar refractivity (Wildman–Crippen MR) is 114 cm³/mol. The fraction of sp³-hybridized carbons (Fsp3) is 0.368. The molecule has 0 fully saturated rings. The summed E-state index contributed by atoms with van der Waals surface area (Å²) in [6, 6.07) is 9.78. The lowest BCUT2D eigenvalue weighted by Crippen LogP contribution is -2.41. The van der Waals surface area contributed by atoms with Gasteiger partial charge in [0.25, 0.3) is 0 Å². The molecule has 0 saturated heterocycles. The summed E-state index contributed by atoms with van der Waals surface area (Å²) in [6.45, 7) is 1.46. The van der Waals surface area contributed by atoms with Gasteiger partial charge in [-0.25, -0.2) is 8.42 Å². The number of rotatable bonds is 9. The molecule has 8 nitrogen and oxygen atoms in total. The van der Waals surface area contributed by atoms with Crippen molar-refractivity contribution in [2.75, 3.05) is 39.5 Å². The number of hydrogen-bond donors (Lipinski definition) is 2. The molecule has 2 aromatic rings. The summed E-state index contributed by atoms with van der Waals surface area (Å²) < 4.78 is 26.4. The zero-order valence-corrected chi connectivity index (χ0v) is 18.5. The first-order valence-corrected chi connectivity index (χ1v) is 11.2. The molecule has 0 saturated carbocycles. The van der Waals surface area contributed by atoms with Gasteiger partial charge in [-0.2, -0.15) is 4.31 Å². The van der Waals surface area contributed by atoms with Crippen LogP contribution < -0.4 is 10.6 Å². The van der Waals surface area contributed by atoms with Crippen LogP contribution >= 0.6 is 11.3 Å². The lowest BCUT2D eigenvalue weighted by Gasteiger charge is -2.24. The molecular formula is C19H26N4O4S2. The lowest BCUT2D eigenvalue weighted by atomic mass is 10.2. The van der Waals surface area contributed by atoms with Gasteiger partial charge in [0.05, 0.1) is 17.5 Å². The minimum absolute atomic E-state index is 0.0159. The fourth-order valence-corrected chi connectivity index (χ4v) is 4.72. The second-order valence-corrected chi connectivity index (χ2v) is 9.79. The van der Waals surface area contributed by atoms with Crippen LogP contribution in [0.25, 0.3) is 0 Å². The van der Waals surface area contributed by atoms with Crippen molar-refractivity contribution >= 4 is 38.9 Å². The summed E-state index contributed by atoms with van der Waals surface area (Å²) in [5, 5.41) is 7.37. The molecule has 0 spiro atoms. The van der Waals surface area contributed by atoms with Crippen molar-refractivity contribution < 1.29 is 18.0 Å². The van der Waals surface area contributed by atoms with Crippen molar-refractivity contribution in [2.45, 2.75) is 17.9 Å². The average molecular weight is 439 g/mol. The first-order valence-electron chi connectivity index (χ1n) is 8.91. The SMILES string of the molecule is CC(=O)Nc1ccc(S(=O)(=O)N(C)CC(=O)NCC(c2cccs2)N(C)C)cc1. The average Bonchev–Trinajstić information content (AvgIpc) is 3.15. The number of hydrogen-bond acceptors (Lipinski definition) is 6. The molecule has 10 heteroatoms. The molecule has 0 aliphatic heterocycles. The number of nitrogens with one attached hydrogen (secondary N) is 2. The van der Waals surface area contributed by atoms with E-state index >= 15 is 0 Å². The maximum atomic E-state index is 12.7. The topological polar surface area (TPSA) is 98.8 Å². The molecule has 1 unspecified atom stereocenters. The van der Waals surface area contributed by atoms with Gasteiger partial charge in [0.1, 0.15) is 0 Å². The lowest BCUT2D eigenvalue weighted by molar-refractivity contribution is -0.121. The van der Waals surface area contributed by atoms with Crippen LogP contribution in [0.5, 0.6) is 0 Å². The van der Waals surface area contributed by atoms with Crippen LogP contribution in [0.1, 0.15) is 17.8 Å². The normalized spacial score (nSPS) is 12.8. The van der Waals surface area contributed by atoms with Gasteiger partial charge in [-0.1, -0.05) is 6.07 Å². The van der Waals surface area contributed by atoms with Crippen LogP contribution in [0.3, 0.4) is 0 Å². The van der Waals surface area contributed by atoms with E-state index in [-0.39, 0.29) is 29.3 Å². The molecule has 1 atom stereocenters. The van der Waals surface area contributed by atoms with Crippen molar-refractivity contribution in [3.8, 4) is 0 Å². The van der Waals surface area contributed by atoms with E-state index in [1.54, 1.807) is 11.3 Å². The van der Waals surface area contributed by atoms with Crippen LogP contribution in [0.2, 0.25) is 0 Å². The van der Waals surface area contributed by atoms with Crippen LogP contribution in [-0.2, 0) is 19.6 Å². The zero-order valence-electron chi connectivity index (χ0n) is 16.9. The number of nitrogens with zero attached hydrogens (tertiary/aromatic N) is 2. The van der Waals surface area contributed by atoms with Gasteiger partial charge in [-0.3, -0.25) is 9.59 Å². The summed E-state index contributed by atoms with van der Waals surface area (Å²) in [5.41, 5.74) is 0.500. The van der Waals surface area contributed by atoms with Crippen molar-refractivity contribution in [1.82, 2.24) is 14.5 Å². The van der Waals surface area contributed by atoms with Crippen molar-refractivity contribution in [2.24, 2.45) is 0 Å². The van der Waals surface area contributed by atoms with Gasteiger partial charge < -0.3 is 15.5 Å². The number of sulfonamides is 1. The van der Waals surface area contributed by atoms with Gasteiger partial charge in [-0.05, 0) is 49.8 Å². The summed E-state index contributed by atoms with van der Waals surface area (Å²) >= 11 is 1.61. The van der Waals surface area contributed by atoms with E-state index in [1.807, 2.05) is 36.5 Å². The highest BCUT2D eigenvalue weighted by molar-refractivity contribution is 7.89. The smallest absolute Gasteiger partial charge is 0.243 e. The van der Waals surface area contributed by atoms with Crippen LogP contribution in [-0.4, -0.2) is 63.7 Å². The van der Waals surface area contributed by atoms with Gasteiger partial charge in [0.2, 0.25) is 21.8 Å². The van der Waals surface area contributed by atoms with E-state index in [0.29, 0.717) is 12.2 Å². The Balaban J connectivity index is 1.97. The van der Waals surface area contributed by atoms with Crippen LogP contribution in [0, 0.1) is 0 Å². The summed E-state index contributed by atoms with van der Waals surface area (Å²) in [6.07, 6.45) is 0. The largest absolute Gasteiger partial charge is 0.353 e. The van der Waals surface area contributed by atoms with Crippen molar-refractivity contribution in [1.29, 1.82) is 0 Å². The highest BCUT2D eigenvalue weighted by atomic mass is 32.2. The molecule has 0 aliphatic rings. The van der Waals surface area contributed by atoms with Gasteiger partial charge in [-0.15, -0.1) is 11.3 Å². The Morgan fingerprint density at radius 3 is 2.28 bits per heavy atom. The summed E-state index contributed by atoms with van der Waals surface area (Å²) in [5.74, 6) is -0.623. The first-order chi connectivity index (χ1) is 13.6. The number of anilines is 1. The monoisotopic (exact) mass is 438 g/mol. The Bertz CT molecular complexity index is 926. The maximum absolute atomic E-state index is 12.7. The zero-order chi connectivity index (χ0) is 21.6. The minimum Gasteiger partial charge on any atom is -0.353 e. The molecule has 0 radical (unpaired) electrons. The standard InChI is InChI=1S/C19H26N4O4S2/c1-14(24)21-15-7-9-16(10-8-15)29(26,27)23(4)13-19(25)20-12-17(22(2)3)18-6-5-11-28-18/h5-11,17H,12-13H2,1-4H3,(H,20,25)(H,21,24). The highest BCUT2D eigenvalue weighted by Crippen LogP contribution is 2.22. The van der Waals surface area contributed by atoms with Gasteiger partial charge in [0, 0.05) is 31.1 Å². The van der Waals surface area contributed by atoms with Crippen molar-refractivity contribution in [3.63, 3.8) is 0 Å². The third-order valence-electron chi connectivity index (χ3n) is 4.24. The number of likely N-dealkylation sites (N-methyl/N-ethyl adjacent to an activating group) is 2. The molecular weight excluding hydrogens is 412 g/mol.